The maximum Gasteiger partial charge on any atom is 0.340 e. The van der Waals surface area contributed by atoms with Crippen molar-refractivity contribution < 1.29 is 23.5 Å². The molecule has 1 aliphatic heterocycles. The van der Waals surface area contributed by atoms with Crippen LogP contribution in [0.3, 0.4) is 0 Å². The van der Waals surface area contributed by atoms with E-state index >= 15 is 0 Å². The molecule has 3 rings (SSSR count). The first-order chi connectivity index (χ1) is 13.4. The normalized spacial score (nSPS) is 20.0. The lowest BCUT2D eigenvalue weighted by Gasteiger charge is -2.41. The number of rotatable bonds is 6. The molecule has 0 spiro atoms. The van der Waals surface area contributed by atoms with Gasteiger partial charge in [-0.2, -0.15) is 0 Å². The van der Waals surface area contributed by atoms with Gasteiger partial charge in [-0.05, 0) is 57.2 Å². The van der Waals surface area contributed by atoms with Gasteiger partial charge in [0.1, 0.15) is 5.75 Å². The van der Waals surface area contributed by atoms with Crippen molar-refractivity contribution in [3.8, 4) is 5.75 Å². The predicted octanol–water partition coefficient (Wildman–Crippen LogP) is 3.67. The summed E-state index contributed by atoms with van der Waals surface area (Å²) in [6.45, 7) is 6.01. The molecule has 0 bridgehead atoms. The van der Waals surface area contributed by atoms with Crippen molar-refractivity contribution in [2.75, 3.05) is 39.2 Å². The van der Waals surface area contributed by atoms with E-state index in [1.165, 1.54) is 25.7 Å². The van der Waals surface area contributed by atoms with E-state index < -0.39 is 5.97 Å². The number of carbonyl (C=O) groups excluding carboxylic acids is 2. The van der Waals surface area contributed by atoms with Gasteiger partial charge < -0.3 is 19.3 Å². The number of amides is 1. The second-order valence-corrected chi connectivity index (χ2v) is 8.33. The standard InChI is InChI=1S/C22H32N2O4/c1-5-28-20(25)18-15-17(27-4)14-16(2)19(18)23-21(26)22(10-11-22)24(3)12-8-6-7-9-13-24/h14-15H,5-13H2,1-4H3/p+1. The summed E-state index contributed by atoms with van der Waals surface area (Å²) in [7, 11) is 3.79. The largest absolute Gasteiger partial charge is 0.497 e. The number of anilines is 1. The number of esters is 1. The first-order valence-corrected chi connectivity index (χ1v) is 10.4. The number of hydrogen-bond acceptors (Lipinski definition) is 4. The van der Waals surface area contributed by atoms with Gasteiger partial charge in [0.15, 0.2) is 5.54 Å². The van der Waals surface area contributed by atoms with Crippen LogP contribution in [-0.4, -0.2) is 55.8 Å². The number of hydrogen-bond donors (Lipinski definition) is 1. The summed E-state index contributed by atoms with van der Waals surface area (Å²) in [6.07, 6.45) is 6.63. The fourth-order valence-corrected chi connectivity index (χ4v) is 4.58. The van der Waals surface area contributed by atoms with Crippen LogP contribution in [-0.2, 0) is 9.53 Å². The molecule has 2 aliphatic rings. The molecule has 1 saturated heterocycles. The van der Waals surface area contributed by atoms with Gasteiger partial charge in [0.25, 0.3) is 5.91 Å². The average Bonchev–Trinajstić information content (AvgIpc) is 3.49. The molecule has 1 aliphatic carbocycles. The SMILES string of the molecule is CCOC(=O)c1cc(OC)cc(C)c1NC(=O)C1([N+]2(C)CCCCCC2)CC1. The molecule has 6 heteroatoms. The predicted molar refractivity (Wildman–Crippen MR) is 109 cm³/mol. The Labute approximate surface area is 167 Å². The molecule has 1 N–H and O–H groups in total. The Morgan fingerprint density at radius 1 is 1.14 bits per heavy atom. The van der Waals surface area contributed by atoms with Gasteiger partial charge in [-0.3, -0.25) is 4.79 Å². The number of nitrogens with one attached hydrogen (secondary N) is 1. The van der Waals surface area contributed by atoms with E-state index in [2.05, 4.69) is 12.4 Å². The van der Waals surface area contributed by atoms with Gasteiger partial charge in [0.05, 0.1) is 45.1 Å². The van der Waals surface area contributed by atoms with Crippen molar-refractivity contribution in [1.29, 1.82) is 0 Å². The highest BCUT2D eigenvalue weighted by molar-refractivity contribution is 6.06. The third-order valence-electron chi connectivity index (χ3n) is 6.51. The molecule has 0 aromatic heterocycles. The molecule has 0 radical (unpaired) electrons. The lowest BCUT2D eigenvalue weighted by molar-refractivity contribution is -0.933. The number of aryl methyl sites for hydroxylation is 1. The minimum Gasteiger partial charge on any atom is -0.497 e. The molecule has 1 amide bonds. The van der Waals surface area contributed by atoms with Crippen LogP contribution in [0.15, 0.2) is 12.1 Å². The third kappa shape index (κ3) is 3.75. The number of quaternary nitrogens is 1. The zero-order valence-corrected chi connectivity index (χ0v) is 17.6. The topological polar surface area (TPSA) is 64.6 Å². The van der Waals surface area contributed by atoms with Gasteiger partial charge in [-0.15, -0.1) is 0 Å². The minimum atomic E-state index is -0.445. The lowest BCUT2D eigenvalue weighted by Crippen LogP contribution is -2.60. The van der Waals surface area contributed by atoms with Crippen molar-refractivity contribution in [1.82, 2.24) is 0 Å². The summed E-state index contributed by atoms with van der Waals surface area (Å²) in [5.41, 5.74) is 1.31. The second-order valence-electron chi connectivity index (χ2n) is 8.33. The van der Waals surface area contributed by atoms with Crippen molar-refractivity contribution in [2.24, 2.45) is 0 Å². The highest BCUT2D eigenvalue weighted by Gasteiger charge is 2.63. The van der Waals surface area contributed by atoms with E-state index in [4.69, 9.17) is 9.47 Å². The summed E-state index contributed by atoms with van der Waals surface area (Å²) in [5, 5.41) is 3.10. The van der Waals surface area contributed by atoms with Crippen LogP contribution in [0.1, 0.15) is 61.4 Å². The summed E-state index contributed by atoms with van der Waals surface area (Å²) in [5.74, 6) is 0.154. The Morgan fingerprint density at radius 3 is 2.32 bits per heavy atom. The van der Waals surface area contributed by atoms with Crippen LogP contribution in [0.5, 0.6) is 5.75 Å². The minimum absolute atomic E-state index is 0.0238. The molecule has 1 aromatic rings. The van der Waals surface area contributed by atoms with Crippen molar-refractivity contribution in [3.63, 3.8) is 0 Å². The van der Waals surface area contributed by atoms with Gasteiger partial charge in [-0.1, -0.05) is 0 Å². The molecule has 28 heavy (non-hydrogen) atoms. The van der Waals surface area contributed by atoms with Crippen LogP contribution in [0.25, 0.3) is 0 Å². The molecule has 154 valence electrons. The quantitative estimate of drug-likeness (QED) is 0.596. The highest BCUT2D eigenvalue weighted by Crippen LogP contribution is 2.48. The van der Waals surface area contributed by atoms with E-state index in [1.54, 1.807) is 20.1 Å². The first kappa shape index (κ1) is 20.6. The Morgan fingerprint density at radius 2 is 1.79 bits per heavy atom. The van der Waals surface area contributed by atoms with Crippen molar-refractivity contribution in [3.05, 3.63) is 23.3 Å². The van der Waals surface area contributed by atoms with E-state index in [0.717, 1.165) is 36.0 Å². The fourth-order valence-electron chi connectivity index (χ4n) is 4.58. The van der Waals surface area contributed by atoms with E-state index in [-0.39, 0.29) is 18.1 Å². The molecular weight excluding hydrogens is 356 g/mol. The molecule has 2 fully saturated rings. The van der Waals surface area contributed by atoms with Crippen molar-refractivity contribution >= 4 is 17.6 Å². The Balaban J connectivity index is 1.90. The molecule has 1 aromatic carbocycles. The number of carbonyl (C=O) groups is 2. The fraction of sp³-hybridized carbons (Fsp3) is 0.636. The summed E-state index contributed by atoms with van der Waals surface area (Å²) in [4.78, 5) is 26.0. The smallest absolute Gasteiger partial charge is 0.340 e. The summed E-state index contributed by atoms with van der Waals surface area (Å²) < 4.78 is 11.3. The Kier molecular flexibility index (Phi) is 5.98. The number of benzene rings is 1. The molecule has 1 heterocycles. The number of nitrogens with zero attached hydrogens (tertiary/aromatic N) is 1. The Hall–Kier alpha value is -2.08. The average molecular weight is 390 g/mol. The molecule has 0 unspecified atom stereocenters. The molecule has 0 atom stereocenters. The highest BCUT2D eigenvalue weighted by atomic mass is 16.5. The number of methoxy groups -OCH3 is 1. The van der Waals surface area contributed by atoms with Crippen LogP contribution in [0, 0.1) is 6.92 Å². The second kappa shape index (κ2) is 8.11. The summed E-state index contributed by atoms with van der Waals surface area (Å²) in [6, 6.07) is 3.47. The van der Waals surface area contributed by atoms with Crippen LogP contribution in [0.4, 0.5) is 5.69 Å². The van der Waals surface area contributed by atoms with E-state index in [1.807, 2.05) is 13.0 Å². The van der Waals surface area contributed by atoms with Gasteiger partial charge in [-0.25, -0.2) is 4.79 Å². The zero-order valence-electron chi connectivity index (χ0n) is 17.6. The van der Waals surface area contributed by atoms with E-state index in [9.17, 15) is 9.59 Å². The molecule has 1 saturated carbocycles. The monoisotopic (exact) mass is 389 g/mol. The summed E-state index contributed by atoms with van der Waals surface area (Å²) >= 11 is 0. The lowest BCUT2D eigenvalue weighted by atomic mass is 10.0. The van der Waals surface area contributed by atoms with Gasteiger partial charge in [0, 0.05) is 12.8 Å². The number of ether oxygens (including phenoxy) is 2. The number of likely N-dealkylation sites (tertiary alicyclic amines) is 1. The van der Waals surface area contributed by atoms with Gasteiger partial charge in [0.2, 0.25) is 0 Å². The Bertz CT molecular complexity index is 747. The maximum absolute atomic E-state index is 13.4. The zero-order chi connectivity index (χ0) is 20.4. The van der Waals surface area contributed by atoms with Crippen molar-refractivity contribution in [2.45, 2.75) is 57.9 Å². The molecular formula is C22H33N2O4+. The number of likely N-dealkylation sites (N-methyl/N-ethyl adjacent to an activating group) is 1. The maximum atomic E-state index is 13.4. The van der Waals surface area contributed by atoms with Crippen LogP contribution < -0.4 is 10.1 Å². The van der Waals surface area contributed by atoms with Gasteiger partial charge >= 0.3 is 5.97 Å². The first-order valence-electron chi connectivity index (χ1n) is 10.4. The van der Waals surface area contributed by atoms with Crippen LogP contribution >= 0.6 is 0 Å². The van der Waals surface area contributed by atoms with E-state index in [0.29, 0.717) is 17.0 Å². The molecule has 6 nitrogen and oxygen atoms in total. The van der Waals surface area contributed by atoms with Crippen LogP contribution in [0.2, 0.25) is 0 Å². The third-order valence-corrected chi connectivity index (χ3v) is 6.51.